The van der Waals surface area contributed by atoms with E-state index in [9.17, 15) is 14.7 Å². The second-order valence-electron chi connectivity index (χ2n) is 7.63. The zero-order valence-corrected chi connectivity index (χ0v) is 17.4. The van der Waals surface area contributed by atoms with Crippen molar-refractivity contribution in [2.24, 2.45) is 7.05 Å². The number of rotatable bonds is 5. The lowest BCUT2D eigenvalue weighted by Crippen LogP contribution is -2.42. The molecule has 0 bridgehead atoms. The quantitative estimate of drug-likeness (QED) is 0.448. The maximum absolute atomic E-state index is 13.0. The van der Waals surface area contributed by atoms with E-state index in [1.165, 1.54) is 11.2 Å². The van der Waals surface area contributed by atoms with E-state index in [1.54, 1.807) is 30.8 Å². The van der Waals surface area contributed by atoms with Gasteiger partial charge in [0.1, 0.15) is 17.6 Å². The zero-order chi connectivity index (χ0) is 21.4. The van der Waals surface area contributed by atoms with Crippen molar-refractivity contribution in [3.05, 3.63) is 46.7 Å². The summed E-state index contributed by atoms with van der Waals surface area (Å²) >= 11 is 0. The molecule has 1 N–H and O–H groups in total. The van der Waals surface area contributed by atoms with Gasteiger partial charge in [-0.3, -0.25) is 19.2 Å². The van der Waals surface area contributed by atoms with E-state index in [2.05, 4.69) is 10.00 Å². The molecule has 4 rings (SSSR count). The first-order valence-electron chi connectivity index (χ1n) is 10.0. The van der Waals surface area contributed by atoms with Gasteiger partial charge in [0.2, 0.25) is 0 Å². The number of aliphatic hydroxyl groups excluding tert-OH is 1. The number of Topliss-reactive ketones (excluding diaryl/α,β-unsaturated/α-hetero) is 1. The number of nitrogens with zero attached hydrogens (tertiary/aromatic N) is 4. The Hall–Kier alpha value is -2.91. The Morgan fingerprint density at radius 3 is 2.57 bits per heavy atom. The molecule has 0 radical (unpaired) electrons. The summed E-state index contributed by atoms with van der Waals surface area (Å²) in [6.07, 6.45) is 1.50. The van der Waals surface area contributed by atoms with Gasteiger partial charge in [-0.1, -0.05) is 0 Å². The predicted octanol–water partition coefficient (Wildman–Crippen LogP) is 1.38. The summed E-state index contributed by atoms with van der Waals surface area (Å²) in [7, 11) is 1.77. The van der Waals surface area contributed by atoms with Gasteiger partial charge in [0.15, 0.2) is 0 Å². The van der Waals surface area contributed by atoms with Gasteiger partial charge in [-0.25, -0.2) is 0 Å². The molecule has 9 heteroatoms. The number of aromatic nitrogens is 2. The molecule has 2 saturated heterocycles. The molecule has 9 nitrogen and oxygen atoms in total. The summed E-state index contributed by atoms with van der Waals surface area (Å²) in [5, 5.41) is 15.5. The normalized spacial score (nSPS) is 22.2. The summed E-state index contributed by atoms with van der Waals surface area (Å²) in [6, 6.07) is 2.65. The molecule has 2 fully saturated rings. The van der Waals surface area contributed by atoms with Crippen molar-refractivity contribution in [3.63, 3.8) is 0 Å². The monoisotopic (exact) mass is 414 g/mol. The number of aryl methyl sites for hydroxylation is 2. The third-order valence-corrected chi connectivity index (χ3v) is 5.86. The molecular formula is C21H26N4O5. The number of ether oxygens (including phenoxy) is 1. The molecule has 2 aliphatic rings. The van der Waals surface area contributed by atoms with Crippen molar-refractivity contribution in [3.8, 4) is 0 Å². The molecule has 1 amide bonds. The number of furan rings is 1. The van der Waals surface area contributed by atoms with Crippen LogP contribution in [0.25, 0.3) is 5.76 Å². The van der Waals surface area contributed by atoms with Crippen LogP contribution in [0.4, 0.5) is 0 Å². The maximum atomic E-state index is 13.0. The second-order valence-corrected chi connectivity index (χ2v) is 7.63. The Morgan fingerprint density at radius 1 is 1.23 bits per heavy atom. The number of hydrogen-bond donors (Lipinski definition) is 1. The minimum Gasteiger partial charge on any atom is -0.507 e. The molecule has 1 atom stereocenters. The van der Waals surface area contributed by atoms with Gasteiger partial charge in [0, 0.05) is 38.9 Å². The first-order chi connectivity index (χ1) is 14.4. The van der Waals surface area contributed by atoms with Gasteiger partial charge in [0.05, 0.1) is 36.3 Å². The summed E-state index contributed by atoms with van der Waals surface area (Å²) in [6.45, 7) is 7.40. The van der Waals surface area contributed by atoms with E-state index >= 15 is 0 Å². The average Bonchev–Trinajstić information content (AvgIpc) is 3.41. The van der Waals surface area contributed by atoms with E-state index in [-0.39, 0.29) is 11.3 Å². The Bertz CT molecular complexity index is 985. The first kappa shape index (κ1) is 20.4. The molecule has 30 heavy (non-hydrogen) atoms. The fourth-order valence-electron chi connectivity index (χ4n) is 4.18. The van der Waals surface area contributed by atoms with Gasteiger partial charge < -0.3 is 19.2 Å². The molecule has 2 aromatic heterocycles. The highest BCUT2D eigenvalue weighted by molar-refractivity contribution is 6.46. The predicted molar refractivity (Wildman–Crippen MR) is 108 cm³/mol. The molecule has 2 aromatic rings. The van der Waals surface area contributed by atoms with Gasteiger partial charge in [-0.15, -0.1) is 0 Å². The highest BCUT2D eigenvalue weighted by atomic mass is 16.5. The van der Waals surface area contributed by atoms with Crippen molar-refractivity contribution in [1.82, 2.24) is 19.6 Å². The Morgan fingerprint density at radius 2 is 1.97 bits per heavy atom. The summed E-state index contributed by atoms with van der Waals surface area (Å²) in [5.41, 5.74) is 1.81. The van der Waals surface area contributed by atoms with E-state index in [4.69, 9.17) is 9.15 Å². The van der Waals surface area contributed by atoms with Gasteiger partial charge in [-0.2, -0.15) is 5.10 Å². The van der Waals surface area contributed by atoms with Crippen LogP contribution in [0.5, 0.6) is 0 Å². The number of carbonyl (C=O) groups excluding carboxylic acids is 2. The Labute approximate surface area is 174 Å². The number of likely N-dealkylation sites (tertiary alicyclic amines) is 1. The van der Waals surface area contributed by atoms with E-state index in [0.717, 1.165) is 13.1 Å². The fourth-order valence-corrected chi connectivity index (χ4v) is 4.18. The summed E-state index contributed by atoms with van der Waals surface area (Å²) in [4.78, 5) is 29.6. The van der Waals surface area contributed by atoms with Crippen LogP contribution in [0.15, 0.2) is 28.4 Å². The summed E-state index contributed by atoms with van der Waals surface area (Å²) < 4.78 is 12.6. The van der Waals surface area contributed by atoms with Crippen LogP contribution in [0.1, 0.15) is 28.8 Å². The Balaban J connectivity index is 1.74. The fraction of sp³-hybridized carbons (Fsp3) is 0.476. The van der Waals surface area contributed by atoms with Gasteiger partial charge in [0.25, 0.3) is 11.7 Å². The van der Waals surface area contributed by atoms with Crippen LogP contribution in [0, 0.1) is 13.8 Å². The molecule has 0 spiro atoms. The number of aliphatic hydroxyl groups is 1. The number of amides is 1. The number of morpholine rings is 1. The number of hydrogen-bond acceptors (Lipinski definition) is 7. The summed E-state index contributed by atoms with van der Waals surface area (Å²) in [5.74, 6) is -1.12. The highest BCUT2D eigenvalue weighted by Gasteiger charge is 2.47. The van der Waals surface area contributed by atoms with Crippen LogP contribution in [0.3, 0.4) is 0 Å². The molecule has 0 unspecified atom stereocenters. The SMILES string of the molecule is Cc1nn(C)c(C)c1/C(O)=C1\C(=O)C(=O)N(CCN2CCOCC2)[C@@H]1c1ccco1. The second kappa shape index (κ2) is 8.08. The van der Waals surface area contributed by atoms with Crippen molar-refractivity contribution < 1.29 is 23.8 Å². The van der Waals surface area contributed by atoms with Gasteiger partial charge in [-0.05, 0) is 26.0 Å². The molecule has 0 aliphatic carbocycles. The van der Waals surface area contributed by atoms with Crippen molar-refractivity contribution in [2.45, 2.75) is 19.9 Å². The number of carbonyl (C=O) groups is 2. The lowest BCUT2D eigenvalue weighted by Gasteiger charge is -2.30. The topological polar surface area (TPSA) is 101 Å². The maximum Gasteiger partial charge on any atom is 0.295 e. The highest BCUT2D eigenvalue weighted by Crippen LogP contribution is 2.40. The first-order valence-corrected chi connectivity index (χ1v) is 10.0. The van der Waals surface area contributed by atoms with Gasteiger partial charge >= 0.3 is 0 Å². The third-order valence-electron chi connectivity index (χ3n) is 5.86. The lowest BCUT2D eigenvalue weighted by atomic mass is 9.98. The molecule has 2 aliphatic heterocycles. The third kappa shape index (κ3) is 3.44. The molecule has 0 aromatic carbocycles. The van der Waals surface area contributed by atoms with Crippen molar-refractivity contribution in [2.75, 3.05) is 39.4 Å². The Kier molecular flexibility index (Phi) is 5.48. The average molecular weight is 414 g/mol. The van der Waals surface area contributed by atoms with Crippen LogP contribution in [-0.2, 0) is 21.4 Å². The van der Waals surface area contributed by atoms with Crippen molar-refractivity contribution >= 4 is 17.4 Å². The molecular weight excluding hydrogens is 388 g/mol. The van der Waals surface area contributed by atoms with Crippen LogP contribution in [0.2, 0.25) is 0 Å². The minimum atomic E-state index is -0.778. The van der Waals surface area contributed by atoms with Crippen LogP contribution >= 0.6 is 0 Å². The van der Waals surface area contributed by atoms with Crippen LogP contribution < -0.4 is 0 Å². The van der Waals surface area contributed by atoms with Crippen molar-refractivity contribution in [1.29, 1.82) is 0 Å². The zero-order valence-electron chi connectivity index (χ0n) is 17.4. The minimum absolute atomic E-state index is 0.0381. The standard InChI is InChI=1S/C21H26N4O5/c1-13-16(14(2)23(3)22-13)19(26)17-18(15-5-4-10-30-15)25(21(28)20(17)27)7-6-24-8-11-29-12-9-24/h4-5,10,18,26H,6-9,11-12H2,1-3H3/b19-17+/t18-/m1/s1. The van der Waals surface area contributed by atoms with E-state index in [0.29, 0.717) is 49.0 Å². The lowest BCUT2D eigenvalue weighted by molar-refractivity contribution is -0.140. The van der Waals surface area contributed by atoms with E-state index in [1.807, 2.05) is 6.92 Å². The largest absolute Gasteiger partial charge is 0.507 e. The van der Waals surface area contributed by atoms with E-state index < -0.39 is 17.7 Å². The number of ketones is 1. The van der Waals surface area contributed by atoms with Crippen LogP contribution in [-0.4, -0.2) is 75.8 Å². The molecule has 160 valence electrons. The molecule has 4 heterocycles. The molecule has 0 saturated carbocycles. The smallest absolute Gasteiger partial charge is 0.295 e.